The first kappa shape index (κ1) is 15.6. The van der Waals surface area contributed by atoms with Crippen LogP contribution in [0.5, 0.6) is 0 Å². The molecule has 1 amide bonds. The summed E-state index contributed by atoms with van der Waals surface area (Å²) in [6.07, 6.45) is 1.10. The van der Waals surface area contributed by atoms with E-state index in [-0.39, 0.29) is 24.3 Å². The van der Waals surface area contributed by atoms with Gasteiger partial charge in [-0.3, -0.25) is 4.79 Å². The van der Waals surface area contributed by atoms with Crippen LogP contribution in [-0.2, 0) is 11.3 Å². The van der Waals surface area contributed by atoms with E-state index in [0.717, 1.165) is 0 Å². The Morgan fingerprint density at radius 2 is 2.09 bits per heavy atom. The largest absolute Gasteiger partial charge is 0.389 e. The molecule has 3 rings (SSSR count). The van der Waals surface area contributed by atoms with Crippen molar-refractivity contribution in [3.63, 3.8) is 0 Å². The number of aliphatic hydroxyl groups is 1. The van der Waals surface area contributed by atoms with Crippen molar-refractivity contribution in [3.05, 3.63) is 35.9 Å². The number of carbonyl (C=O) groups is 1. The molecule has 0 bridgehead atoms. The van der Waals surface area contributed by atoms with Crippen LogP contribution < -0.4 is 5.32 Å². The summed E-state index contributed by atoms with van der Waals surface area (Å²) in [4.78, 5) is 16.0. The minimum Gasteiger partial charge on any atom is -0.389 e. The molecule has 2 heterocycles. The van der Waals surface area contributed by atoms with Gasteiger partial charge in [0.25, 0.3) is 0 Å². The van der Waals surface area contributed by atoms with Crippen molar-refractivity contribution in [2.24, 2.45) is 0 Å². The van der Waals surface area contributed by atoms with Crippen LogP contribution in [-0.4, -0.2) is 31.4 Å². The second kappa shape index (κ2) is 5.73. The van der Waals surface area contributed by atoms with E-state index in [0.29, 0.717) is 30.1 Å². The summed E-state index contributed by atoms with van der Waals surface area (Å²) in [6.45, 7) is 3.62. The summed E-state index contributed by atoms with van der Waals surface area (Å²) in [5, 5.41) is 17.4. The normalized spacial score (nSPS) is 18.3. The molecular formula is C16H19FN4O2. The highest BCUT2D eigenvalue weighted by atomic mass is 19.1. The van der Waals surface area contributed by atoms with Crippen LogP contribution in [0.3, 0.4) is 0 Å². The SMILES string of the molecule is CC(C)(O)Cn1nc(-c2ccc(F)cc2)nc1C1CCC(=O)N1. The van der Waals surface area contributed by atoms with E-state index >= 15 is 0 Å². The summed E-state index contributed by atoms with van der Waals surface area (Å²) in [7, 11) is 0. The lowest BCUT2D eigenvalue weighted by Gasteiger charge is -2.19. The monoisotopic (exact) mass is 318 g/mol. The summed E-state index contributed by atoms with van der Waals surface area (Å²) >= 11 is 0. The minimum absolute atomic E-state index is 0.0175. The van der Waals surface area contributed by atoms with Crippen LogP contribution in [0.1, 0.15) is 38.6 Å². The molecule has 2 N–H and O–H groups in total. The fourth-order valence-corrected chi connectivity index (χ4v) is 2.62. The Balaban J connectivity index is 1.98. The highest BCUT2D eigenvalue weighted by molar-refractivity contribution is 5.78. The number of amides is 1. The summed E-state index contributed by atoms with van der Waals surface area (Å²) in [6, 6.07) is 5.70. The Labute approximate surface area is 133 Å². The Morgan fingerprint density at radius 1 is 1.39 bits per heavy atom. The highest BCUT2D eigenvalue weighted by Gasteiger charge is 2.29. The van der Waals surface area contributed by atoms with E-state index in [1.165, 1.54) is 12.1 Å². The highest BCUT2D eigenvalue weighted by Crippen LogP contribution is 2.26. The maximum Gasteiger partial charge on any atom is 0.220 e. The number of nitrogens with one attached hydrogen (secondary N) is 1. The van der Waals surface area contributed by atoms with E-state index in [2.05, 4.69) is 15.4 Å². The third-order valence-corrected chi connectivity index (χ3v) is 3.65. The van der Waals surface area contributed by atoms with Crippen LogP contribution in [0.25, 0.3) is 11.4 Å². The number of benzene rings is 1. The smallest absolute Gasteiger partial charge is 0.220 e. The number of rotatable bonds is 4. The fraction of sp³-hybridized carbons (Fsp3) is 0.438. The van der Waals surface area contributed by atoms with Gasteiger partial charge in [-0.25, -0.2) is 14.1 Å². The third-order valence-electron chi connectivity index (χ3n) is 3.65. The topological polar surface area (TPSA) is 80.0 Å². The molecule has 2 aromatic rings. The van der Waals surface area contributed by atoms with Crippen molar-refractivity contribution in [1.82, 2.24) is 20.1 Å². The van der Waals surface area contributed by atoms with Gasteiger partial charge in [0, 0.05) is 12.0 Å². The Hall–Kier alpha value is -2.28. The predicted octanol–water partition coefficient (Wildman–Crippen LogP) is 1.81. The van der Waals surface area contributed by atoms with Crippen molar-refractivity contribution in [2.45, 2.75) is 44.9 Å². The summed E-state index contributed by atoms with van der Waals surface area (Å²) in [5.41, 5.74) is -0.281. The molecule has 122 valence electrons. The van der Waals surface area contributed by atoms with Gasteiger partial charge in [-0.15, -0.1) is 0 Å². The molecule has 0 radical (unpaired) electrons. The maximum atomic E-state index is 13.1. The van der Waals surface area contributed by atoms with Gasteiger partial charge in [-0.1, -0.05) is 0 Å². The summed E-state index contributed by atoms with van der Waals surface area (Å²) < 4.78 is 14.7. The molecule has 1 aromatic heterocycles. The van der Waals surface area contributed by atoms with Gasteiger partial charge in [-0.2, -0.15) is 5.10 Å². The van der Waals surface area contributed by atoms with E-state index in [1.54, 1.807) is 30.7 Å². The van der Waals surface area contributed by atoms with Crippen LogP contribution in [0.15, 0.2) is 24.3 Å². The molecule has 1 aliphatic heterocycles. The fourth-order valence-electron chi connectivity index (χ4n) is 2.62. The van der Waals surface area contributed by atoms with Gasteiger partial charge >= 0.3 is 0 Å². The average molecular weight is 318 g/mol. The van der Waals surface area contributed by atoms with E-state index < -0.39 is 5.60 Å². The molecule has 1 unspecified atom stereocenters. The lowest BCUT2D eigenvalue weighted by molar-refractivity contribution is -0.119. The maximum absolute atomic E-state index is 13.1. The zero-order valence-corrected chi connectivity index (χ0v) is 13.1. The van der Waals surface area contributed by atoms with Gasteiger partial charge in [0.15, 0.2) is 5.82 Å². The molecule has 7 heteroatoms. The quantitative estimate of drug-likeness (QED) is 0.901. The molecule has 1 aromatic carbocycles. The molecule has 1 aliphatic rings. The number of hydrogen-bond donors (Lipinski definition) is 2. The predicted molar refractivity (Wildman–Crippen MR) is 81.8 cm³/mol. The van der Waals surface area contributed by atoms with Crippen molar-refractivity contribution < 1.29 is 14.3 Å². The second-order valence-electron chi connectivity index (χ2n) is 6.43. The molecular weight excluding hydrogens is 299 g/mol. The van der Waals surface area contributed by atoms with Gasteiger partial charge < -0.3 is 10.4 Å². The number of hydrogen-bond acceptors (Lipinski definition) is 4. The zero-order valence-electron chi connectivity index (χ0n) is 13.1. The van der Waals surface area contributed by atoms with Gasteiger partial charge in [0.05, 0.1) is 18.2 Å². The molecule has 6 nitrogen and oxygen atoms in total. The van der Waals surface area contributed by atoms with Crippen molar-refractivity contribution in [3.8, 4) is 11.4 Å². The minimum atomic E-state index is -0.967. The molecule has 0 aliphatic carbocycles. The summed E-state index contributed by atoms with van der Waals surface area (Å²) in [5.74, 6) is 0.715. The number of halogens is 1. The number of nitrogens with zero attached hydrogens (tertiary/aromatic N) is 3. The average Bonchev–Trinajstić information content (AvgIpc) is 3.04. The van der Waals surface area contributed by atoms with Crippen molar-refractivity contribution >= 4 is 5.91 Å². The van der Waals surface area contributed by atoms with E-state index in [1.807, 2.05) is 0 Å². The van der Waals surface area contributed by atoms with Crippen molar-refractivity contribution in [1.29, 1.82) is 0 Å². The van der Waals surface area contributed by atoms with Crippen LogP contribution in [0.2, 0.25) is 0 Å². The lowest BCUT2D eigenvalue weighted by atomic mass is 10.1. The van der Waals surface area contributed by atoms with Gasteiger partial charge in [0.2, 0.25) is 5.91 Å². The first-order valence-corrected chi connectivity index (χ1v) is 7.54. The first-order chi connectivity index (χ1) is 10.8. The molecule has 1 fully saturated rings. The lowest BCUT2D eigenvalue weighted by Crippen LogP contribution is -2.30. The zero-order chi connectivity index (χ0) is 16.6. The Kier molecular flexibility index (Phi) is 3.89. The number of aromatic nitrogens is 3. The van der Waals surface area contributed by atoms with Crippen LogP contribution in [0, 0.1) is 5.82 Å². The molecule has 1 saturated heterocycles. The third kappa shape index (κ3) is 3.56. The Bertz CT molecular complexity index is 719. The van der Waals surface area contributed by atoms with Gasteiger partial charge in [0.1, 0.15) is 11.6 Å². The molecule has 0 spiro atoms. The first-order valence-electron chi connectivity index (χ1n) is 7.54. The van der Waals surface area contributed by atoms with Gasteiger partial charge in [-0.05, 0) is 44.5 Å². The second-order valence-corrected chi connectivity index (χ2v) is 6.43. The Morgan fingerprint density at radius 3 is 2.65 bits per heavy atom. The molecule has 0 saturated carbocycles. The van der Waals surface area contributed by atoms with E-state index in [4.69, 9.17) is 0 Å². The van der Waals surface area contributed by atoms with E-state index in [9.17, 15) is 14.3 Å². The van der Waals surface area contributed by atoms with Crippen LogP contribution in [0.4, 0.5) is 4.39 Å². The van der Waals surface area contributed by atoms with Crippen LogP contribution >= 0.6 is 0 Å². The van der Waals surface area contributed by atoms with Crippen molar-refractivity contribution in [2.75, 3.05) is 0 Å². The number of carbonyl (C=O) groups excluding carboxylic acids is 1. The molecule has 1 atom stereocenters. The standard InChI is InChI=1S/C16H19FN4O2/c1-16(2,23)9-21-15(12-7-8-13(22)18-12)19-14(20-21)10-3-5-11(17)6-4-10/h3-6,12,23H,7-9H2,1-2H3,(H,18,22). The molecule has 23 heavy (non-hydrogen) atoms.